The minimum atomic E-state index is -3.93. The number of nitriles is 1. The smallest absolute Gasteiger partial charge is 0.242 e. The Morgan fingerprint density at radius 3 is 2.71 bits per heavy atom. The van der Waals surface area contributed by atoms with Crippen molar-refractivity contribution in [2.24, 2.45) is 5.92 Å². The molecule has 0 bridgehead atoms. The number of ether oxygens (including phenoxy) is 1. The van der Waals surface area contributed by atoms with Crippen molar-refractivity contribution in [2.75, 3.05) is 13.2 Å². The molecule has 7 heteroatoms. The van der Waals surface area contributed by atoms with Crippen molar-refractivity contribution in [3.05, 3.63) is 29.6 Å². The van der Waals surface area contributed by atoms with E-state index < -0.39 is 21.4 Å². The first-order valence-corrected chi connectivity index (χ1v) is 8.22. The summed E-state index contributed by atoms with van der Waals surface area (Å²) in [4.78, 5) is -0.316. The second kappa shape index (κ2) is 6.52. The zero-order chi connectivity index (χ0) is 15.5. The first-order chi connectivity index (χ1) is 9.95. The molecule has 0 saturated carbocycles. The summed E-state index contributed by atoms with van der Waals surface area (Å²) in [6.07, 6.45) is 1.55. The molecule has 1 fully saturated rings. The molecule has 1 aliphatic rings. The summed E-state index contributed by atoms with van der Waals surface area (Å²) >= 11 is 0. The number of nitrogens with one attached hydrogen (secondary N) is 1. The van der Waals surface area contributed by atoms with E-state index in [0.717, 1.165) is 18.9 Å². The van der Waals surface area contributed by atoms with E-state index in [-0.39, 0.29) is 16.9 Å². The molecule has 0 radical (unpaired) electrons. The first-order valence-electron chi connectivity index (χ1n) is 6.74. The van der Waals surface area contributed by atoms with Crippen LogP contribution in [0.3, 0.4) is 0 Å². The zero-order valence-corrected chi connectivity index (χ0v) is 12.5. The quantitative estimate of drug-likeness (QED) is 0.919. The minimum Gasteiger partial charge on any atom is -0.381 e. The van der Waals surface area contributed by atoms with Gasteiger partial charge in [0.05, 0.1) is 0 Å². The molecule has 2 rings (SSSR count). The van der Waals surface area contributed by atoms with Crippen molar-refractivity contribution >= 4 is 10.0 Å². The summed E-state index contributed by atoms with van der Waals surface area (Å²) in [6, 6.07) is 4.90. The Morgan fingerprint density at radius 2 is 2.10 bits per heavy atom. The Bertz CT molecular complexity index is 649. The number of halogens is 1. The largest absolute Gasteiger partial charge is 0.381 e. The average Bonchev–Trinajstić information content (AvgIpc) is 2.47. The average molecular weight is 312 g/mol. The van der Waals surface area contributed by atoms with Gasteiger partial charge in [0.15, 0.2) is 0 Å². The molecule has 5 nitrogen and oxygen atoms in total. The predicted molar refractivity (Wildman–Crippen MR) is 74.4 cm³/mol. The van der Waals surface area contributed by atoms with E-state index in [4.69, 9.17) is 10.00 Å². The maximum atomic E-state index is 13.5. The van der Waals surface area contributed by atoms with Gasteiger partial charge in [-0.2, -0.15) is 5.26 Å². The van der Waals surface area contributed by atoms with Crippen molar-refractivity contribution in [3.8, 4) is 6.07 Å². The van der Waals surface area contributed by atoms with Crippen LogP contribution in [0.25, 0.3) is 0 Å². The van der Waals surface area contributed by atoms with Crippen LogP contribution in [0.15, 0.2) is 23.1 Å². The van der Waals surface area contributed by atoms with E-state index in [0.29, 0.717) is 13.2 Å². The molecule has 1 atom stereocenters. The van der Waals surface area contributed by atoms with Gasteiger partial charge in [0.2, 0.25) is 10.0 Å². The fourth-order valence-electron chi connectivity index (χ4n) is 2.46. The second-order valence-electron chi connectivity index (χ2n) is 5.08. The van der Waals surface area contributed by atoms with Gasteiger partial charge in [0, 0.05) is 19.3 Å². The summed E-state index contributed by atoms with van der Waals surface area (Å²) < 4.78 is 46.0. The van der Waals surface area contributed by atoms with E-state index >= 15 is 0 Å². The Labute approximate surface area is 123 Å². The first kappa shape index (κ1) is 15.9. The van der Waals surface area contributed by atoms with Crippen molar-refractivity contribution in [1.82, 2.24) is 4.72 Å². The van der Waals surface area contributed by atoms with Gasteiger partial charge in [-0.3, -0.25) is 0 Å². The monoisotopic (exact) mass is 312 g/mol. The van der Waals surface area contributed by atoms with Gasteiger partial charge in [-0.15, -0.1) is 0 Å². The van der Waals surface area contributed by atoms with Gasteiger partial charge in [-0.05, 0) is 37.8 Å². The number of hydrogen-bond donors (Lipinski definition) is 1. The van der Waals surface area contributed by atoms with Crippen LogP contribution < -0.4 is 4.72 Å². The number of nitrogens with zero attached hydrogens (tertiary/aromatic N) is 1. The highest BCUT2D eigenvalue weighted by Gasteiger charge is 2.27. The molecule has 1 unspecified atom stereocenters. The molecule has 0 spiro atoms. The van der Waals surface area contributed by atoms with Crippen LogP contribution in [0.1, 0.15) is 25.3 Å². The molecule has 0 aliphatic carbocycles. The third-order valence-corrected chi connectivity index (χ3v) is 5.29. The van der Waals surface area contributed by atoms with Crippen molar-refractivity contribution in [2.45, 2.75) is 30.7 Å². The standard InChI is InChI=1S/C14H17FN2O3S/c1-10(11-5-7-20-8-6-11)17-21(18,19)14-4-2-3-13(15)12(14)9-16/h2-4,10-11,17H,5-8H2,1H3. The summed E-state index contributed by atoms with van der Waals surface area (Å²) in [5, 5.41) is 8.95. The highest BCUT2D eigenvalue weighted by molar-refractivity contribution is 7.89. The molecule has 1 heterocycles. The second-order valence-corrected chi connectivity index (χ2v) is 6.77. The molecule has 1 aromatic rings. The van der Waals surface area contributed by atoms with Crippen LogP contribution in [0.5, 0.6) is 0 Å². The Morgan fingerprint density at radius 1 is 1.43 bits per heavy atom. The van der Waals surface area contributed by atoms with Crippen LogP contribution in [-0.4, -0.2) is 27.7 Å². The van der Waals surface area contributed by atoms with E-state index in [9.17, 15) is 12.8 Å². The number of sulfonamides is 1. The highest BCUT2D eigenvalue weighted by atomic mass is 32.2. The zero-order valence-electron chi connectivity index (χ0n) is 11.7. The lowest BCUT2D eigenvalue weighted by molar-refractivity contribution is 0.0585. The highest BCUT2D eigenvalue weighted by Crippen LogP contribution is 2.22. The van der Waals surface area contributed by atoms with E-state index in [1.54, 1.807) is 13.0 Å². The van der Waals surface area contributed by atoms with Crippen LogP contribution in [-0.2, 0) is 14.8 Å². The number of rotatable bonds is 4. The molecular formula is C14H17FN2O3S. The molecule has 0 aromatic heterocycles. The molecular weight excluding hydrogens is 295 g/mol. The molecule has 1 aliphatic heterocycles. The molecule has 1 aromatic carbocycles. The third-order valence-electron chi connectivity index (χ3n) is 3.69. The van der Waals surface area contributed by atoms with Gasteiger partial charge < -0.3 is 4.74 Å². The topological polar surface area (TPSA) is 79.2 Å². The van der Waals surface area contributed by atoms with Crippen molar-refractivity contribution in [3.63, 3.8) is 0 Å². The lowest BCUT2D eigenvalue weighted by atomic mass is 9.94. The van der Waals surface area contributed by atoms with Gasteiger partial charge in [-0.25, -0.2) is 17.5 Å². The van der Waals surface area contributed by atoms with Crippen LogP contribution in [0.2, 0.25) is 0 Å². The van der Waals surface area contributed by atoms with Gasteiger partial charge in [0.25, 0.3) is 0 Å². The lowest BCUT2D eigenvalue weighted by Crippen LogP contribution is -2.40. The van der Waals surface area contributed by atoms with Crippen LogP contribution in [0.4, 0.5) is 4.39 Å². The normalized spacial score (nSPS) is 18.1. The fourth-order valence-corrected chi connectivity index (χ4v) is 3.94. The van der Waals surface area contributed by atoms with Crippen molar-refractivity contribution < 1.29 is 17.5 Å². The van der Waals surface area contributed by atoms with Crippen LogP contribution in [0, 0.1) is 23.1 Å². The molecule has 1 N–H and O–H groups in total. The Balaban J connectivity index is 2.23. The number of benzene rings is 1. The minimum absolute atomic E-state index is 0.174. The maximum Gasteiger partial charge on any atom is 0.242 e. The SMILES string of the molecule is CC(NS(=O)(=O)c1cccc(F)c1C#N)C1CCOCC1. The summed E-state index contributed by atoms with van der Waals surface area (Å²) in [6.45, 7) is 3.00. The summed E-state index contributed by atoms with van der Waals surface area (Å²) in [7, 11) is -3.93. The van der Waals surface area contributed by atoms with E-state index in [1.807, 2.05) is 0 Å². The summed E-state index contributed by atoms with van der Waals surface area (Å²) in [5.74, 6) is -0.660. The molecule has 0 amide bonds. The summed E-state index contributed by atoms with van der Waals surface area (Å²) in [5.41, 5.74) is -0.454. The third kappa shape index (κ3) is 3.59. The van der Waals surface area contributed by atoms with Gasteiger partial charge in [0.1, 0.15) is 22.3 Å². The molecule has 114 valence electrons. The van der Waals surface area contributed by atoms with Crippen molar-refractivity contribution in [1.29, 1.82) is 5.26 Å². The van der Waals surface area contributed by atoms with Crippen LogP contribution >= 0.6 is 0 Å². The molecule has 21 heavy (non-hydrogen) atoms. The van der Waals surface area contributed by atoms with E-state index in [1.165, 1.54) is 12.1 Å². The molecule has 1 saturated heterocycles. The van der Waals surface area contributed by atoms with Gasteiger partial charge in [-0.1, -0.05) is 6.07 Å². The number of hydrogen-bond acceptors (Lipinski definition) is 4. The Hall–Kier alpha value is -1.49. The Kier molecular flexibility index (Phi) is 4.93. The fraction of sp³-hybridized carbons (Fsp3) is 0.500. The van der Waals surface area contributed by atoms with Gasteiger partial charge >= 0.3 is 0 Å². The predicted octanol–water partition coefficient (Wildman–Crippen LogP) is 1.79. The maximum absolute atomic E-state index is 13.5. The lowest BCUT2D eigenvalue weighted by Gasteiger charge is -2.28. The van der Waals surface area contributed by atoms with E-state index in [2.05, 4.69) is 4.72 Å².